The summed E-state index contributed by atoms with van der Waals surface area (Å²) in [5, 5.41) is 2.91. The highest BCUT2D eigenvalue weighted by molar-refractivity contribution is 5.96. The maximum Gasteiger partial charge on any atom is 0.229 e. The molecule has 0 bridgehead atoms. The molecule has 1 fully saturated rings. The van der Waals surface area contributed by atoms with E-state index in [1.165, 1.54) is 0 Å². The lowest BCUT2D eigenvalue weighted by Crippen LogP contribution is -2.23. The zero-order valence-corrected chi connectivity index (χ0v) is 12.6. The van der Waals surface area contributed by atoms with Crippen LogP contribution >= 0.6 is 0 Å². The average Bonchev–Trinajstić information content (AvgIpc) is 3.01. The molecule has 4 heteroatoms. The normalized spacial score (nSPS) is 19.1. The maximum atomic E-state index is 12.1. The number of benzene rings is 1. The molecule has 1 aliphatic rings. The molecule has 1 aromatic rings. The minimum atomic E-state index is -0.0762. The van der Waals surface area contributed by atoms with Gasteiger partial charge in [-0.15, -0.1) is 0 Å². The van der Waals surface area contributed by atoms with Crippen molar-refractivity contribution in [3.63, 3.8) is 0 Å². The number of nitrogens with one attached hydrogen (secondary N) is 1. The predicted molar refractivity (Wildman–Crippen MR) is 86.9 cm³/mol. The fourth-order valence-electron chi connectivity index (χ4n) is 2.22. The molecular weight excluding hydrogens is 264 g/mol. The van der Waals surface area contributed by atoms with Crippen LogP contribution in [-0.2, 0) is 9.53 Å². The molecule has 0 saturated carbocycles. The Morgan fingerprint density at radius 3 is 2.95 bits per heavy atom. The Bertz CT molecular complexity index is 570. The molecule has 4 nitrogen and oxygen atoms in total. The smallest absolute Gasteiger partial charge is 0.229 e. The molecule has 2 rings (SSSR count). The molecule has 1 heterocycles. The van der Waals surface area contributed by atoms with Gasteiger partial charge in [0.1, 0.15) is 0 Å². The number of allylic oxidation sites excluding steroid dienone is 4. The Morgan fingerprint density at radius 1 is 1.48 bits per heavy atom. The summed E-state index contributed by atoms with van der Waals surface area (Å²) in [6.07, 6.45) is 6.76. The van der Waals surface area contributed by atoms with Crippen LogP contribution < -0.4 is 11.1 Å². The van der Waals surface area contributed by atoms with Crippen molar-refractivity contribution in [2.75, 3.05) is 24.3 Å². The van der Waals surface area contributed by atoms with Crippen molar-refractivity contribution in [3.8, 4) is 0 Å². The third-order valence-corrected chi connectivity index (χ3v) is 3.61. The Labute approximate surface area is 125 Å². The van der Waals surface area contributed by atoms with Gasteiger partial charge in [-0.25, -0.2) is 0 Å². The number of anilines is 2. The summed E-state index contributed by atoms with van der Waals surface area (Å²) in [7, 11) is 0. The standard InChI is InChI=1S/C17H22N2O2/c1-3-4-5-12(2)13-6-7-15(18)16(10-13)19-17(20)14-8-9-21-11-14/h3-7,10,14H,8-9,11,18H2,1-2H3,(H,19,20)/b4-3-,12-5+. The largest absolute Gasteiger partial charge is 0.397 e. The Balaban J connectivity index is 2.17. The minimum absolute atomic E-state index is 0.0218. The van der Waals surface area contributed by atoms with Crippen LogP contribution in [0, 0.1) is 5.92 Å². The summed E-state index contributed by atoms with van der Waals surface area (Å²) in [6.45, 7) is 5.15. The Hall–Kier alpha value is -2.07. The molecule has 3 N–H and O–H groups in total. The van der Waals surface area contributed by atoms with Gasteiger partial charge >= 0.3 is 0 Å². The fraction of sp³-hybridized carbons (Fsp3) is 0.353. The van der Waals surface area contributed by atoms with Crippen molar-refractivity contribution >= 4 is 22.9 Å². The van der Waals surface area contributed by atoms with Gasteiger partial charge in [0.2, 0.25) is 5.91 Å². The number of hydrogen-bond acceptors (Lipinski definition) is 3. The number of hydrogen-bond donors (Lipinski definition) is 2. The van der Waals surface area contributed by atoms with Crippen molar-refractivity contribution in [1.29, 1.82) is 0 Å². The molecule has 1 amide bonds. The van der Waals surface area contributed by atoms with E-state index in [1.54, 1.807) is 0 Å². The zero-order chi connectivity index (χ0) is 15.2. The van der Waals surface area contributed by atoms with E-state index in [0.29, 0.717) is 24.6 Å². The fourth-order valence-corrected chi connectivity index (χ4v) is 2.22. The first-order valence-corrected chi connectivity index (χ1v) is 7.20. The Kier molecular flexibility index (Phi) is 5.17. The molecule has 0 radical (unpaired) electrons. The lowest BCUT2D eigenvalue weighted by molar-refractivity contribution is -0.119. The molecule has 21 heavy (non-hydrogen) atoms. The summed E-state index contributed by atoms with van der Waals surface area (Å²) < 4.78 is 5.24. The molecule has 0 aromatic heterocycles. The molecule has 1 unspecified atom stereocenters. The van der Waals surface area contributed by atoms with Gasteiger partial charge in [-0.3, -0.25) is 4.79 Å². The summed E-state index contributed by atoms with van der Waals surface area (Å²) in [5.41, 5.74) is 9.36. The van der Waals surface area contributed by atoms with E-state index in [1.807, 2.05) is 50.3 Å². The quantitative estimate of drug-likeness (QED) is 0.660. The second-order valence-corrected chi connectivity index (χ2v) is 5.23. The minimum Gasteiger partial charge on any atom is -0.397 e. The van der Waals surface area contributed by atoms with Crippen molar-refractivity contribution < 1.29 is 9.53 Å². The van der Waals surface area contributed by atoms with Crippen LogP contribution in [0.5, 0.6) is 0 Å². The summed E-state index contributed by atoms with van der Waals surface area (Å²) in [4.78, 5) is 12.1. The van der Waals surface area contributed by atoms with E-state index in [2.05, 4.69) is 5.32 Å². The molecule has 0 spiro atoms. The molecule has 1 aromatic carbocycles. The van der Waals surface area contributed by atoms with E-state index >= 15 is 0 Å². The topological polar surface area (TPSA) is 64.3 Å². The zero-order valence-electron chi connectivity index (χ0n) is 12.6. The van der Waals surface area contributed by atoms with Gasteiger partial charge in [0.15, 0.2) is 0 Å². The first-order valence-electron chi connectivity index (χ1n) is 7.20. The molecule has 1 aliphatic heterocycles. The summed E-state index contributed by atoms with van der Waals surface area (Å²) >= 11 is 0. The third-order valence-electron chi connectivity index (χ3n) is 3.61. The molecule has 112 valence electrons. The second kappa shape index (κ2) is 7.09. The van der Waals surface area contributed by atoms with E-state index in [-0.39, 0.29) is 11.8 Å². The number of amides is 1. The molecule has 0 aliphatic carbocycles. The lowest BCUT2D eigenvalue weighted by Gasteiger charge is -2.13. The van der Waals surface area contributed by atoms with Gasteiger partial charge in [0, 0.05) is 6.61 Å². The molecular formula is C17H22N2O2. The van der Waals surface area contributed by atoms with Gasteiger partial charge in [-0.2, -0.15) is 0 Å². The van der Waals surface area contributed by atoms with E-state index in [9.17, 15) is 4.79 Å². The van der Waals surface area contributed by atoms with Gasteiger partial charge in [0.05, 0.1) is 23.9 Å². The van der Waals surface area contributed by atoms with Crippen molar-refractivity contribution in [1.82, 2.24) is 0 Å². The highest BCUT2D eigenvalue weighted by atomic mass is 16.5. The number of nitrogens with two attached hydrogens (primary N) is 1. The van der Waals surface area contributed by atoms with E-state index in [4.69, 9.17) is 10.5 Å². The number of carbonyl (C=O) groups is 1. The van der Waals surface area contributed by atoms with E-state index < -0.39 is 0 Å². The predicted octanol–water partition coefficient (Wildman–Crippen LogP) is 3.22. The monoisotopic (exact) mass is 286 g/mol. The van der Waals surface area contributed by atoms with Gasteiger partial charge in [-0.1, -0.05) is 24.3 Å². The third kappa shape index (κ3) is 3.95. The average molecular weight is 286 g/mol. The van der Waals surface area contributed by atoms with Gasteiger partial charge in [0.25, 0.3) is 0 Å². The summed E-state index contributed by atoms with van der Waals surface area (Å²) in [6, 6.07) is 5.69. The van der Waals surface area contributed by atoms with Crippen molar-refractivity contribution in [3.05, 3.63) is 42.0 Å². The van der Waals surface area contributed by atoms with Crippen LogP contribution in [0.3, 0.4) is 0 Å². The van der Waals surface area contributed by atoms with Crippen molar-refractivity contribution in [2.24, 2.45) is 5.92 Å². The van der Waals surface area contributed by atoms with Crippen LogP contribution in [0.25, 0.3) is 5.57 Å². The molecule has 1 saturated heterocycles. The number of ether oxygens (including phenoxy) is 1. The van der Waals surface area contributed by atoms with Crippen LogP contribution in [0.1, 0.15) is 25.8 Å². The highest BCUT2D eigenvalue weighted by Crippen LogP contribution is 2.25. The van der Waals surface area contributed by atoms with Crippen LogP contribution in [0.15, 0.2) is 36.4 Å². The van der Waals surface area contributed by atoms with Gasteiger partial charge < -0.3 is 15.8 Å². The lowest BCUT2D eigenvalue weighted by atomic mass is 10.0. The maximum absolute atomic E-state index is 12.1. The van der Waals surface area contributed by atoms with Crippen molar-refractivity contribution in [2.45, 2.75) is 20.3 Å². The van der Waals surface area contributed by atoms with Crippen LogP contribution in [-0.4, -0.2) is 19.1 Å². The second-order valence-electron chi connectivity index (χ2n) is 5.23. The first kappa shape index (κ1) is 15.3. The van der Waals surface area contributed by atoms with E-state index in [0.717, 1.165) is 17.6 Å². The highest BCUT2D eigenvalue weighted by Gasteiger charge is 2.23. The first-order chi connectivity index (χ1) is 10.1. The SMILES string of the molecule is C/C=C\C=C(/C)c1ccc(N)c(NC(=O)C2CCOC2)c1. The molecule has 1 atom stereocenters. The number of nitrogen functional groups attached to an aromatic ring is 1. The summed E-state index contributed by atoms with van der Waals surface area (Å²) in [5.74, 6) is -0.0980. The van der Waals surface area contributed by atoms with Crippen LogP contribution in [0.4, 0.5) is 11.4 Å². The number of rotatable bonds is 4. The van der Waals surface area contributed by atoms with Gasteiger partial charge in [-0.05, 0) is 43.5 Å². The Morgan fingerprint density at radius 2 is 2.29 bits per heavy atom. The van der Waals surface area contributed by atoms with Crippen LogP contribution in [0.2, 0.25) is 0 Å². The number of carbonyl (C=O) groups excluding carboxylic acids is 1.